The molecule has 0 fully saturated rings. The van der Waals surface area contributed by atoms with Gasteiger partial charge >= 0.3 is 0 Å². The van der Waals surface area contributed by atoms with Crippen LogP contribution in [0.4, 0.5) is 0 Å². The van der Waals surface area contributed by atoms with Gasteiger partial charge < -0.3 is 11.7 Å². The molecule has 0 unspecified atom stereocenters. The zero-order valence-electron chi connectivity index (χ0n) is 7.07. The maximum Gasteiger partial charge on any atom is 0.0739 e. The second-order valence-electron chi connectivity index (χ2n) is 2.87. The van der Waals surface area contributed by atoms with Crippen LogP contribution in [0.25, 0.3) is 0 Å². The minimum atomic E-state index is 0.631. The maximum atomic E-state index is 5.26. The highest BCUT2D eigenvalue weighted by atomic mass is 15.1. The number of nitrogens with two attached hydrogens (primary N) is 2. The molecule has 4 nitrogen and oxygen atoms in total. The monoisotopic (exact) mass is 174 g/mol. The third kappa shape index (κ3) is 1.07. The van der Waals surface area contributed by atoms with Crippen molar-refractivity contribution in [2.24, 2.45) is 21.9 Å². The van der Waals surface area contributed by atoms with E-state index in [1.54, 1.807) is 0 Å². The van der Waals surface area contributed by atoms with Crippen LogP contribution in [0.15, 0.2) is 34.5 Å². The van der Waals surface area contributed by atoms with Crippen LogP contribution in [-0.4, -0.2) is 11.4 Å². The van der Waals surface area contributed by atoms with Crippen LogP contribution in [0, 0.1) is 0 Å². The molecule has 4 heteroatoms. The van der Waals surface area contributed by atoms with Gasteiger partial charge in [0.25, 0.3) is 0 Å². The van der Waals surface area contributed by atoms with E-state index < -0.39 is 0 Å². The van der Waals surface area contributed by atoms with Gasteiger partial charge in [-0.25, -0.2) is 0 Å². The molecule has 0 radical (unpaired) electrons. The topological polar surface area (TPSA) is 76.8 Å². The van der Waals surface area contributed by atoms with Crippen LogP contribution in [0.5, 0.6) is 0 Å². The first-order valence-electron chi connectivity index (χ1n) is 4.00. The van der Waals surface area contributed by atoms with Gasteiger partial charge in [0.05, 0.1) is 11.4 Å². The summed E-state index contributed by atoms with van der Waals surface area (Å²) in [6.45, 7) is 0. The Bertz CT molecular complexity index is 355. The molecule has 1 aliphatic rings. The first-order valence-corrected chi connectivity index (χ1v) is 4.00. The highest BCUT2D eigenvalue weighted by molar-refractivity contribution is 6.27. The Balaban J connectivity index is 2.63. The van der Waals surface area contributed by atoms with E-state index in [1.165, 1.54) is 0 Å². The first-order chi connectivity index (χ1) is 6.36. The minimum Gasteiger partial charge on any atom is -0.323 e. The van der Waals surface area contributed by atoms with E-state index in [9.17, 15) is 0 Å². The molecule has 0 spiro atoms. The largest absolute Gasteiger partial charge is 0.323 e. The Morgan fingerprint density at radius 2 is 1.38 bits per heavy atom. The van der Waals surface area contributed by atoms with Crippen molar-refractivity contribution in [1.82, 2.24) is 0 Å². The van der Waals surface area contributed by atoms with Crippen molar-refractivity contribution in [3.63, 3.8) is 0 Å². The van der Waals surface area contributed by atoms with Crippen molar-refractivity contribution in [3.05, 3.63) is 35.4 Å². The van der Waals surface area contributed by atoms with Gasteiger partial charge in [-0.05, 0) is 0 Å². The van der Waals surface area contributed by atoms with Crippen LogP contribution < -0.4 is 11.7 Å². The smallest absolute Gasteiger partial charge is 0.0739 e. The maximum absolute atomic E-state index is 5.26. The van der Waals surface area contributed by atoms with Gasteiger partial charge in [-0.2, -0.15) is 10.2 Å². The van der Waals surface area contributed by atoms with Gasteiger partial charge in [-0.1, -0.05) is 24.3 Å². The summed E-state index contributed by atoms with van der Waals surface area (Å²) in [5, 5.41) is 7.41. The van der Waals surface area contributed by atoms with Gasteiger partial charge in [0, 0.05) is 17.5 Å². The lowest BCUT2D eigenvalue weighted by atomic mass is 10.1. The lowest BCUT2D eigenvalue weighted by molar-refractivity contribution is 1.21. The fraction of sp³-hybridized carbons (Fsp3) is 0.111. The number of hydrazone groups is 2. The van der Waals surface area contributed by atoms with Gasteiger partial charge in [0.15, 0.2) is 0 Å². The summed E-state index contributed by atoms with van der Waals surface area (Å²) in [6.07, 6.45) is 0.631. The van der Waals surface area contributed by atoms with E-state index in [2.05, 4.69) is 10.2 Å². The Morgan fingerprint density at radius 3 is 1.77 bits per heavy atom. The number of fused-ring (bicyclic) bond motifs is 1. The standard InChI is InChI=1S/C9H10N4/c10-12-8-5-9(13-11)7-4-2-1-3-6(7)8/h1-4H,5,10-11H2/b12-8-,13-9+. The normalized spacial score (nSPS) is 20.9. The molecule has 0 heterocycles. The average Bonchev–Trinajstić information content (AvgIpc) is 2.56. The van der Waals surface area contributed by atoms with Crippen LogP contribution in [-0.2, 0) is 0 Å². The minimum absolute atomic E-state index is 0.631. The predicted octanol–water partition coefficient (Wildman–Crippen LogP) is 0.416. The highest BCUT2D eigenvalue weighted by Crippen LogP contribution is 2.22. The second kappa shape index (κ2) is 2.90. The molecule has 1 aliphatic carbocycles. The molecule has 0 bridgehead atoms. The lowest BCUT2D eigenvalue weighted by Gasteiger charge is -1.95. The van der Waals surface area contributed by atoms with E-state index in [-0.39, 0.29) is 0 Å². The predicted molar refractivity (Wildman–Crippen MR) is 52.5 cm³/mol. The molecule has 0 saturated carbocycles. The molecule has 1 aromatic carbocycles. The fourth-order valence-corrected chi connectivity index (χ4v) is 1.57. The van der Waals surface area contributed by atoms with Crippen LogP contribution in [0.2, 0.25) is 0 Å². The van der Waals surface area contributed by atoms with Crippen molar-refractivity contribution in [2.45, 2.75) is 6.42 Å². The molecular formula is C9H10N4. The quantitative estimate of drug-likeness (QED) is 0.441. The Kier molecular flexibility index (Phi) is 1.73. The van der Waals surface area contributed by atoms with Crippen LogP contribution >= 0.6 is 0 Å². The van der Waals surface area contributed by atoms with Gasteiger partial charge in [-0.15, -0.1) is 0 Å². The van der Waals surface area contributed by atoms with E-state index in [1.807, 2.05) is 24.3 Å². The fourth-order valence-electron chi connectivity index (χ4n) is 1.57. The number of rotatable bonds is 0. The SMILES string of the molecule is N/N=C1/C/C(=N\N)c2ccccc21. The molecule has 0 amide bonds. The van der Waals surface area contributed by atoms with Gasteiger partial charge in [-0.3, -0.25) is 0 Å². The average molecular weight is 174 g/mol. The first kappa shape index (κ1) is 7.79. The second-order valence-corrected chi connectivity index (χ2v) is 2.87. The summed E-state index contributed by atoms with van der Waals surface area (Å²) in [5.74, 6) is 10.5. The zero-order chi connectivity index (χ0) is 9.26. The summed E-state index contributed by atoms with van der Waals surface area (Å²) in [4.78, 5) is 0. The Hall–Kier alpha value is -1.84. The molecule has 4 N–H and O–H groups in total. The van der Waals surface area contributed by atoms with Gasteiger partial charge in [0.1, 0.15) is 0 Å². The van der Waals surface area contributed by atoms with Crippen LogP contribution in [0.3, 0.4) is 0 Å². The summed E-state index contributed by atoms with van der Waals surface area (Å²) in [5.41, 5.74) is 3.77. The van der Waals surface area contributed by atoms with Crippen molar-refractivity contribution in [2.75, 3.05) is 0 Å². The summed E-state index contributed by atoms with van der Waals surface area (Å²) in [6, 6.07) is 7.84. The van der Waals surface area contributed by atoms with Gasteiger partial charge in [0.2, 0.25) is 0 Å². The Morgan fingerprint density at radius 1 is 0.923 bits per heavy atom. The number of benzene rings is 1. The van der Waals surface area contributed by atoms with E-state index in [4.69, 9.17) is 11.7 Å². The molecule has 1 aromatic rings. The van der Waals surface area contributed by atoms with Crippen molar-refractivity contribution >= 4 is 11.4 Å². The summed E-state index contributed by atoms with van der Waals surface area (Å²) >= 11 is 0. The third-order valence-corrected chi connectivity index (χ3v) is 2.20. The van der Waals surface area contributed by atoms with E-state index in [0.717, 1.165) is 22.6 Å². The summed E-state index contributed by atoms with van der Waals surface area (Å²) < 4.78 is 0. The Labute approximate surface area is 75.9 Å². The van der Waals surface area contributed by atoms with Crippen molar-refractivity contribution in [3.8, 4) is 0 Å². The number of nitrogens with zero attached hydrogens (tertiary/aromatic N) is 2. The van der Waals surface area contributed by atoms with Crippen molar-refractivity contribution < 1.29 is 0 Å². The molecule has 66 valence electrons. The third-order valence-electron chi connectivity index (χ3n) is 2.20. The molecule has 0 saturated heterocycles. The molecule has 2 rings (SSSR count). The van der Waals surface area contributed by atoms with E-state index >= 15 is 0 Å². The zero-order valence-corrected chi connectivity index (χ0v) is 7.07. The number of hydrogen-bond donors (Lipinski definition) is 2. The molecule has 0 atom stereocenters. The highest BCUT2D eigenvalue weighted by Gasteiger charge is 2.22. The molecule has 13 heavy (non-hydrogen) atoms. The molecule has 0 aromatic heterocycles. The molecule has 0 aliphatic heterocycles. The number of hydrogen-bond acceptors (Lipinski definition) is 4. The summed E-state index contributed by atoms with van der Waals surface area (Å²) in [7, 11) is 0. The van der Waals surface area contributed by atoms with E-state index in [0.29, 0.717) is 6.42 Å². The van der Waals surface area contributed by atoms with Crippen LogP contribution in [0.1, 0.15) is 17.5 Å². The van der Waals surface area contributed by atoms with Crippen molar-refractivity contribution in [1.29, 1.82) is 0 Å². The molecular weight excluding hydrogens is 164 g/mol. The lowest BCUT2D eigenvalue weighted by Crippen LogP contribution is -2.01.